The van der Waals surface area contributed by atoms with Crippen LogP contribution in [-0.2, 0) is 0 Å². The number of benzene rings is 2. The molecule has 120 valence electrons. The molecule has 0 radical (unpaired) electrons. The summed E-state index contributed by atoms with van der Waals surface area (Å²) in [4.78, 5) is 19.3. The first-order valence-corrected chi connectivity index (χ1v) is 8.99. The molecular formula is C19H15BrN2OS. The summed E-state index contributed by atoms with van der Waals surface area (Å²) in [7, 11) is 0. The van der Waals surface area contributed by atoms with E-state index in [4.69, 9.17) is 0 Å². The van der Waals surface area contributed by atoms with E-state index in [0.717, 1.165) is 15.0 Å². The molecule has 3 rings (SSSR count). The van der Waals surface area contributed by atoms with E-state index in [-0.39, 0.29) is 5.91 Å². The number of anilines is 1. The van der Waals surface area contributed by atoms with E-state index >= 15 is 0 Å². The molecule has 0 aliphatic rings. The van der Waals surface area contributed by atoms with Gasteiger partial charge in [-0.2, -0.15) is 0 Å². The molecule has 0 saturated heterocycles. The molecular weight excluding hydrogens is 384 g/mol. The number of thiophene rings is 1. The second-order valence-corrected chi connectivity index (χ2v) is 7.42. The molecule has 3 aromatic rings. The lowest BCUT2D eigenvalue weighted by atomic mass is 10.1. The number of aliphatic imine (C=N–C) groups is 1. The second-order valence-electron chi connectivity index (χ2n) is 5.19. The Bertz CT molecular complexity index is 902. The fourth-order valence-corrected chi connectivity index (χ4v) is 3.35. The summed E-state index contributed by atoms with van der Waals surface area (Å²) < 4.78 is 0.916. The highest BCUT2D eigenvalue weighted by Gasteiger charge is 2.10. The number of para-hydroxylation sites is 1. The average molecular weight is 399 g/mol. The number of halogens is 1. The highest BCUT2D eigenvalue weighted by molar-refractivity contribution is 9.10. The number of hydrogen-bond donors (Lipinski definition) is 1. The van der Waals surface area contributed by atoms with Crippen molar-refractivity contribution in [2.75, 3.05) is 5.32 Å². The van der Waals surface area contributed by atoms with E-state index in [0.29, 0.717) is 11.3 Å². The summed E-state index contributed by atoms with van der Waals surface area (Å²) in [5, 5.41) is 2.90. The Morgan fingerprint density at radius 1 is 1.12 bits per heavy atom. The third kappa shape index (κ3) is 4.19. The molecule has 0 unspecified atom stereocenters. The van der Waals surface area contributed by atoms with E-state index < -0.39 is 0 Å². The third-order valence-corrected chi connectivity index (χ3v) is 4.75. The van der Waals surface area contributed by atoms with E-state index in [2.05, 4.69) is 39.2 Å². The number of carbonyl (C=O) groups excluding carboxylic acids is 1. The van der Waals surface area contributed by atoms with Gasteiger partial charge >= 0.3 is 0 Å². The minimum Gasteiger partial charge on any atom is -0.322 e. The third-order valence-electron chi connectivity index (χ3n) is 3.32. The van der Waals surface area contributed by atoms with Gasteiger partial charge < -0.3 is 5.32 Å². The Labute approximate surface area is 153 Å². The molecule has 1 N–H and O–H groups in total. The van der Waals surface area contributed by atoms with Crippen molar-refractivity contribution in [3.63, 3.8) is 0 Å². The number of amides is 1. The number of aryl methyl sites for hydroxylation is 1. The van der Waals surface area contributed by atoms with Crippen LogP contribution in [-0.4, -0.2) is 12.1 Å². The van der Waals surface area contributed by atoms with Crippen LogP contribution in [0.5, 0.6) is 0 Å². The molecule has 1 heterocycles. The summed E-state index contributed by atoms with van der Waals surface area (Å²) in [6, 6.07) is 18.9. The minimum atomic E-state index is -0.178. The van der Waals surface area contributed by atoms with Gasteiger partial charge in [0.1, 0.15) is 0 Å². The second kappa shape index (κ2) is 7.55. The standard InChI is InChI=1S/C19H15BrN2OS/c1-13-9-10-16(24-13)12-21-18-8-3-2-7-17(18)19(23)22-15-6-4-5-14(20)11-15/h2-12H,1H3,(H,22,23). The van der Waals surface area contributed by atoms with Crippen LogP contribution in [0.2, 0.25) is 0 Å². The molecule has 0 aliphatic carbocycles. The van der Waals surface area contributed by atoms with E-state index in [1.807, 2.05) is 48.5 Å². The predicted octanol–water partition coefficient (Wildman–Crippen LogP) is 5.82. The van der Waals surface area contributed by atoms with Crippen molar-refractivity contribution in [3.05, 3.63) is 80.5 Å². The first-order chi connectivity index (χ1) is 11.6. The van der Waals surface area contributed by atoms with Crippen molar-refractivity contribution < 1.29 is 4.79 Å². The van der Waals surface area contributed by atoms with Gasteiger partial charge in [0.25, 0.3) is 5.91 Å². The number of rotatable bonds is 4. The zero-order valence-corrected chi connectivity index (χ0v) is 15.4. The minimum absolute atomic E-state index is 0.178. The molecule has 2 aromatic carbocycles. The van der Waals surface area contributed by atoms with Gasteiger partial charge in [0, 0.05) is 26.1 Å². The molecule has 0 atom stereocenters. The highest BCUT2D eigenvalue weighted by atomic mass is 79.9. The molecule has 0 aliphatic heterocycles. The lowest BCUT2D eigenvalue weighted by Crippen LogP contribution is -2.12. The Morgan fingerprint density at radius 2 is 1.96 bits per heavy atom. The monoisotopic (exact) mass is 398 g/mol. The quantitative estimate of drug-likeness (QED) is 0.552. The topological polar surface area (TPSA) is 41.5 Å². The van der Waals surface area contributed by atoms with Crippen molar-refractivity contribution in [2.24, 2.45) is 4.99 Å². The van der Waals surface area contributed by atoms with Crippen LogP contribution in [0.4, 0.5) is 11.4 Å². The fraction of sp³-hybridized carbons (Fsp3) is 0.0526. The Hall–Kier alpha value is -2.24. The van der Waals surface area contributed by atoms with Gasteiger partial charge in [-0.25, -0.2) is 0 Å². The first-order valence-electron chi connectivity index (χ1n) is 7.38. The summed E-state index contributed by atoms with van der Waals surface area (Å²) in [5.74, 6) is -0.178. The van der Waals surface area contributed by atoms with Crippen LogP contribution in [0.3, 0.4) is 0 Å². The summed E-state index contributed by atoms with van der Waals surface area (Å²) in [6.07, 6.45) is 1.79. The molecule has 0 saturated carbocycles. The van der Waals surface area contributed by atoms with Crippen LogP contribution in [0.15, 0.2) is 70.1 Å². The summed E-state index contributed by atoms with van der Waals surface area (Å²) in [5.41, 5.74) is 1.93. The van der Waals surface area contributed by atoms with Gasteiger partial charge in [-0.1, -0.05) is 34.1 Å². The Balaban J connectivity index is 1.83. The molecule has 0 spiro atoms. The number of carbonyl (C=O) groups is 1. The van der Waals surface area contributed by atoms with E-state index in [1.54, 1.807) is 23.6 Å². The summed E-state index contributed by atoms with van der Waals surface area (Å²) >= 11 is 5.07. The van der Waals surface area contributed by atoms with Crippen LogP contribution in [0, 0.1) is 6.92 Å². The van der Waals surface area contributed by atoms with Crippen molar-refractivity contribution in [1.82, 2.24) is 0 Å². The van der Waals surface area contributed by atoms with Crippen molar-refractivity contribution in [2.45, 2.75) is 6.92 Å². The maximum atomic E-state index is 12.6. The zero-order valence-electron chi connectivity index (χ0n) is 13.0. The van der Waals surface area contributed by atoms with Crippen molar-refractivity contribution in [1.29, 1.82) is 0 Å². The maximum Gasteiger partial charge on any atom is 0.257 e. The van der Waals surface area contributed by atoms with E-state index in [1.165, 1.54) is 4.88 Å². The smallest absolute Gasteiger partial charge is 0.257 e. The molecule has 1 amide bonds. The largest absolute Gasteiger partial charge is 0.322 e. The van der Waals surface area contributed by atoms with Crippen molar-refractivity contribution in [3.8, 4) is 0 Å². The molecule has 3 nitrogen and oxygen atoms in total. The van der Waals surface area contributed by atoms with Gasteiger partial charge in [0.2, 0.25) is 0 Å². The van der Waals surface area contributed by atoms with E-state index in [9.17, 15) is 4.79 Å². The molecule has 24 heavy (non-hydrogen) atoms. The average Bonchev–Trinajstić information content (AvgIpc) is 2.99. The van der Waals surface area contributed by atoms with Crippen molar-refractivity contribution >= 4 is 50.8 Å². The normalized spacial score (nSPS) is 10.9. The zero-order chi connectivity index (χ0) is 16.9. The van der Waals surface area contributed by atoms with Crippen LogP contribution < -0.4 is 5.32 Å². The van der Waals surface area contributed by atoms with Gasteiger partial charge in [0.15, 0.2) is 0 Å². The van der Waals surface area contributed by atoms with Crippen LogP contribution >= 0.6 is 27.3 Å². The van der Waals surface area contributed by atoms with Gasteiger partial charge in [-0.15, -0.1) is 11.3 Å². The SMILES string of the molecule is Cc1ccc(C=Nc2ccccc2C(=O)Nc2cccc(Br)c2)s1. The van der Waals surface area contributed by atoms with Gasteiger partial charge in [-0.3, -0.25) is 9.79 Å². The number of hydrogen-bond acceptors (Lipinski definition) is 3. The lowest BCUT2D eigenvalue weighted by molar-refractivity contribution is 0.102. The maximum absolute atomic E-state index is 12.6. The Morgan fingerprint density at radius 3 is 2.71 bits per heavy atom. The Kier molecular flexibility index (Phi) is 5.23. The molecule has 5 heteroatoms. The predicted molar refractivity (Wildman–Crippen MR) is 105 cm³/mol. The van der Waals surface area contributed by atoms with Crippen LogP contribution in [0.25, 0.3) is 0 Å². The number of nitrogens with one attached hydrogen (secondary N) is 1. The molecule has 0 fully saturated rings. The van der Waals surface area contributed by atoms with Crippen LogP contribution in [0.1, 0.15) is 20.1 Å². The fourth-order valence-electron chi connectivity index (χ4n) is 2.20. The van der Waals surface area contributed by atoms with Gasteiger partial charge in [-0.05, 0) is 49.4 Å². The number of nitrogens with zero attached hydrogens (tertiary/aromatic N) is 1. The molecule has 1 aromatic heterocycles. The van der Waals surface area contributed by atoms with Gasteiger partial charge in [0.05, 0.1) is 11.3 Å². The highest BCUT2D eigenvalue weighted by Crippen LogP contribution is 2.22. The first kappa shape index (κ1) is 16.6. The summed E-state index contributed by atoms with van der Waals surface area (Å²) in [6.45, 7) is 2.06. The lowest BCUT2D eigenvalue weighted by Gasteiger charge is -2.07. The molecule has 0 bridgehead atoms.